The second kappa shape index (κ2) is 7.04. The van der Waals surface area contributed by atoms with Crippen LogP contribution in [0.5, 0.6) is 0 Å². The molecule has 0 saturated carbocycles. The molecular weight excluding hydrogens is 288 g/mol. The highest BCUT2D eigenvalue weighted by atomic mass is 35.5. The second-order valence-electron chi connectivity index (χ2n) is 4.52. The molecule has 0 fully saturated rings. The number of pyridine rings is 2. The van der Waals surface area contributed by atoms with Crippen molar-refractivity contribution in [1.29, 1.82) is 0 Å². The molecule has 2 rings (SSSR count). The fraction of sp³-hybridized carbons (Fsp3) is 0.267. The molecule has 0 aliphatic rings. The highest BCUT2D eigenvalue weighted by Gasteiger charge is 2.18. The molecule has 2 aromatic heterocycles. The number of nitrogens with one attached hydrogen (secondary N) is 1. The van der Waals surface area contributed by atoms with Crippen LogP contribution in [0.3, 0.4) is 0 Å². The van der Waals surface area contributed by atoms with E-state index >= 15 is 0 Å². The maximum Gasteiger partial charge on any atom is 0.278 e. The van der Waals surface area contributed by atoms with E-state index in [1.54, 1.807) is 43.7 Å². The molecule has 1 amide bonds. The van der Waals surface area contributed by atoms with E-state index in [4.69, 9.17) is 11.6 Å². The van der Waals surface area contributed by atoms with E-state index in [0.717, 1.165) is 18.7 Å². The summed E-state index contributed by atoms with van der Waals surface area (Å²) >= 11 is 6.11. The second-order valence-corrected chi connectivity index (χ2v) is 4.93. The van der Waals surface area contributed by atoms with Crippen molar-refractivity contribution in [2.45, 2.75) is 13.3 Å². The first-order valence-corrected chi connectivity index (χ1v) is 7.09. The first-order chi connectivity index (χ1) is 10.1. The van der Waals surface area contributed by atoms with Crippen molar-refractivity contribution in [3.8, 4) is 0 Å². The molecule has 6 heteroatoms. The molecule has 0 atom stereocenters. The number of rotatable bonds is 5. The number of hydrogen-bond donors (Lipinski definition) is 1. The molecule has 0 aliphatic carbocycles. The van der Waals surface area contributed by atoms with E-state index in [-0.39, 0.29) is 11.6 Å². The molecule has 0 aliphatic heterocycles. The molecule has 0 radical (unpaired) electrons. The van der Waals surface area contributed by atoms with Crippen LogP contribution >= 0.6 is 11.6 Å². The Morgan fingerprint density at radius 1 is 1.29 bits per heavy atom. The summed E-state index contributed by atoms with van der Waals surface area (Å²) in [5.41, 5.74) is 0.969. The minimum atomic E-state index is -0.258. The molecule has 0 saturated heterocycles. The molecule has 21 heavy (non-hydrogen) atoms. The fourth-order valence-corrected chi connectivity index (χ4v) is 1.97. The van der Waals surface area contributed by atoms with E-state index in [9.17, 15) is 4.79 Å². The van der Waals surface area contributed by atoms with Gasteiger partial charge in [-0.05, 0) is 30.7 Å². The lowest BCUT2D eigenvalue weighted by Crippen LogP contribution is -2.27. The Morgan fingerprint density at radius 2 is 2.00 bits per heavy atom. The number of hydrogen-bond acceptors (Lipinski definition) is 4. The minimum absolute atomic E-state index is 0.233. The van der Waals surface area contributed by atoms with Gasteiger partial charge in [0.25, 0.3) is 5.91 Å². The van der Waals surface area contributed by atoms with Gasteiger partial charge < -0.3 is 10.2 Å². The smallest absolute Gasteiger partial charge is 0.278 e. The van der Waals surface area contributed by atoms with Crippen molar-refractivity contribution in [3.63, 3.8) is 0 Å². The molecule has 0 spiro atoms. The highest BCUT2D eigenvalue weighted by molar-refractivity contribution is 6.34. The average molecular weight is 305 g/mol. The Labute approximate surface area is 129 Å². The molecular formula is C15H17ClN4O. The standard InChI is InChI=1S/C15H17ClN4O/c1-3-8-18-13-5-4-12(16)14(19-13)15(21)20(2)11-6-9-17-10-7-11/h4-7,9-10H,3,8H2,1-2H3,(H,18,19). The van der Waals surface area contributed by atoms with Crippen LogP contribution in [0.2, 0.25) is 5.02 Å². The SMILES string of the molecule is CCCNc1ccc(Cl)c(C(=O)N(C)c2ccncc2)n1. The number of halogens is 1. The lowest BCUT2D eigenvalue weighted by atomic mass is 10.3. The van der Waals surface area contributed by atoms with Gasteiger partial charge >= 0.3 is 0 Å². The van der Waals surface area contributed by atoms with E-state index in [1.165, 1.54) is 4.90 Å². The van der Waals surface area contributed by atoms with Gasteiger partial charge in [-0.1, -0.05) is 18.5 Å². The number of carbonyl (C=O) groups is 1. The van der Waals surface area contributed by atoms with Crippen LogP contribution in [0.4, 0.5) is 11.5 Å². The van der Waals surface area contributed by atoms with E-state index in [0.29, 0.717) is 10.8 Å². The minimum Gasteiger partial charge on any atom is -0.370 e. The zero-order valence-electron chi connectivity index (χ0n) is 12.0. The van der Waals surface area contributed by atoms with Crippen LogP contribution in [-0.2, 0) is 0 Å². The van der Waals surface area contributed by atoms with Crippen molar-refractivity contribution in [1.82, 2.24) is 9.97 Å². The Balaban J connectivity index is 2.25. The summed E-state index contributed by atoms with van der Waals surface area (Å²) in [5, 5.41) is 3.48. The molecule has 5 nitrogen and oxygen atoms in total. The molecule has 1 N–H and O–H groups in total. The van der Waals surface area contributed by atoms with Gasteiger partial charge in [0.1, 0.15) is 11.5 Å². The summed E-state index contributed by atoms with van der Waals surface area (Å²) in [6.45, 7) is 2.86. The topological polar surface area (TPSA) is 58.1 Å². The van der Waals surface area contributed by atoms with E-state index in [1.807, 2.05) is 0 Å². The van der Waals surface area contributed by atoms with E-state index in [2.05, 4.69) is 22.2 Å². The fourth-order valence-electron chi connectivity index (χ4n) is 1.79. The maximum atomic E-state index is 12.5. The third kappa shape index (κ3) is 3.70. The van der Waals surface area contributed by atoms with Gasteiger partial charge in [-0.15, -0.1) is 0 Å². The summed E-state index contributed by atoms with van der Waals surface area (Å²) in [7, 11) is 1.68. The molecule has 2 heterocycles. The summed E-state index contributed by atoms with van der Waals surface area (Å²) in [6, 6.07) is 6.96. The van der Waals surface area contributed by atoms with Gasteiger partial charge in [0, 0.05) is 31.7 Å². The van der Waals surface area contributed by atoms with E-state index < -0.39 is 0 Å². The molecule has 2 aromatic rings. The van der Waals surface area contributed by atoms with Gasteiger partial charge in [-0.3, -0.25) is 9.78 Å². The van der Waals surface area contributed by atoms with Crippen LogP contribution < -0.4 is 10.2 Å². The highest BCUT2D eigenvalue weighted by Crippen LogP contribution is 2.20. The Morgan fingerprint density at radius 3 is 2.67 bits per heavy atom. The van der Waals surface area contributed by atoms with Crippen LogP contribution in [0.25, 0.3) is 0 Å². The Bertz CT molecular complexity index is 618. The summed E-state index contributed by atoms with van der Waals surface area (Å²) in [5.74, 6) is 0.388. The van der Waals surface area contributed by atoms with Crippen molar-refractivity contribution >= 4 is 29.0 Å². The lowest BCUT2D eigenvalue weighted by Gasteiger charge is -2.17. The Kier molecular flexibility index (Phi) is 5.11. The predicted molar refractivity (Wildman–Crippen MR) is 85.0 cm³/mol. The van der Waals surface area contributed by atoms with Crippen LogP contribution in [0, 0.1) is 0 Å². The quantitative estimate of drug-likeness (QED) is 0.921. The van der Waals surface area contributed by atoms with Crippen molar-refractivity contribution in [2.24, 2.45) is 0 Å². The van der Waals surface area contributed by atoms with Gasteiger partial charge in [-0.25, -0.2) is 4.98 Å². The first kappa shape index (κ1) is 15.3. The van der Waals surface area contributed by atoms with Gasteiger partial charge in [0.15, 0.2) is 0 Å². The summed E-state index contributed by atoms with van der Waals surface area (Å²) in [4.78, 5) is 22.3. The maximum absolute atomic E-state index is 12.5. The first-order valence-electron chi connectivity index (χ1n) is 6.72. The van der Waals surface area contributed by atoms with Gasteiger partial charge in [0.05, 0.1) is 5.02 Å². The Hall–Kier alpha value is -2.14. The van der Waals surface area contributed by atoms with Crippen molar-refractivity contribution < 1.29 is 4.79 Å². The monoisotopic (exact) mass is 304 g/mol. The molecule has 0 bridgehead atoms. The van der Waals surface area contributed by atoms with Crippen molar-refractivity contribution in [2.75, 3.05) is 23.8 Å². The van der Waals surface area contributed by atoms with Crippen LogP contribution in [0.1, 0.15) is 23.8 Å². The average Bonchev–Trinajstić information content (AvgIpc) is 2.53. The number of nitrogens with zero attached hydrogens (tertiary/aromatic N) is 3. The van der Waals surface area contributed by atoms with Crippen LogP contribution in [-0.4, -0.2) is 29.5 Å². The largest absolute Gasteiger partial charge is 0.370 e. The predicted octanol–water partition coefficient (Wildman–Crippen LogP) is 3.23. The number of anilines is 2. The van der Waals surface area contributed by atoms with Gasteiger partial charge in [0.2, 0.25) is 0 Å². The van der Waals surface area contributed by atoms with Gasteiger partial charge in [-0.2, -0.15) is 0 Å². The summed E-state index contributed by atoms with van der Waals surface area (Å²) in [6.07, 6.45) is 4.24. The number of carbonyl (C=O) groups excluding carboxylic acids is 1. The summed E-state index contributed by atoms with van der Waals surface area (Å²) < 4.78 is 0. The number of aromatic nitrogens is 2. The third-order valence-corrected chi connectivity index (χ3v) is 3.26. The van der Waals surface area contributed by atoms with Crippen LogP contribution in [0.15, 0.2) is 36.7 Å². The molecule has 110 valence electrons. The lowest BCUT2D eigenvalue weighted by molar-refractivity contribution is 0.0988. The third-order valence-electron chi connectivity index (χ3n) is 2.96. The molecule has 0 aromatic carbocycles. The zero-order valence-corrected chi connectivity index (χ0v) is 12.8. The zero-order chi connectivity index (χ0) is 15.2. The van der Waals surface area contributed by atoms with Crippen molar-refractivity contribution in [3.05, 3.63) is 47.4 Å². The normalized spacial score (nSPS) is 10.2. The molecule has 0 unspecified atom stereocenters. The number of amides is 1.